The quantitative estimate of drug-likeness (QED) is 0.688. The summed E-state index contributed by atoms with van der Waals surface area (Å²) in [5.41, 5.74) is 2.16. The predicted molar refractivity (Wildman–Crippen MR) is 65.2 cm³/mol. The first kappa shape index (κ1) is 11.2. The van der Waals surface area contributed by atoms with Gasteiger partial charge in [0.2, 0.25) is 0 Å². The molecule has 0 saturated carbocycles. The summed E-state index contributed by atoms with van der Waals surface area (Å²) >= 11 is 2.25. The Morgan fingerprint density at radius 1 is 1.57 bits per heavy atom. The van der Waals surface area contributed by atoms with E-state index < -0.39 is 5.97 Å². The minimum absolute atomic E-state index is 0.911. The van der Waals surface area contributed by atoms with Crippen LogP contribution < -0.4 is 0 Å². The molecule has 1 aromatic carbocycles. The summed E-state index contributed by atoms with van der Waals surface area (Å²) in [5.74, 6) is -0.911. The van der Waals surface area contributed by atoms with E-state index in [1.54, 1.807) is 6.08 Å². The first-order valence-electron chi connectivity index (χ1n) is 4.33. The van der Waals surface area contributed by atoms with E-state index in [2.05, 4.69) is 35.6 Å². The normalized spacial score (nSPS) is 10.7. The van der Waals surface area contributed by atoms with Crippen LogP contribution in [-0.2, 0) is 11.2 Å². The Morgan fingerprint density at radius 3 is 2.86 bits per heavy atom. The predicted octanol–water partition coefficient (Wildman–Crippen LogP) is 2.95. The summed E-state index contributed by atoms with van der Waals surface area (Å²) < 4.78 is 1.17. The Kier molecular flexibility index (Phi) is 4.13. The monoisotopic (exact) mass is 302 g/mol. The maximum Gasteiger partial charge on any atom is 0.328 e. The van der Waals surface area contributed by atoms with Gasteiger partial charge in [0, 0.05) is 9.65 Å². The van der Waals surface area contributed by atoms with E-state index in [4.69, 9.17) is 5.11 Å². The average molecular weight is 302 g/mol. The Labute approximate surface area is 96.8 Å². The lowest BCUT2D eigenvalue weighted by Crippen LogP contribution is -1.90. The SMILES string of the molecule is CCc1cc(I)ccc1/C=C/C(=O)O. The number of halogens is 1. The van der Waals surface area contributed by atoms with Crippen LogP contribution in [0, 0.1) is 3.57 Å². The lowest BCUT2D eigenvalue weighted by atomic mass is 10.1. The van der Waals surface area contributed by atoms with Gasteiger partial charge in [0.1, 0.15) is 0 Å². The van der Waals surface area contributed by atoms with Gasteiger partial charge in [-0.25, -0.2) is 4.79 Å². The van der Waals surface area contributed by atoms with Crippen molar-refractivity contribution in [1.29, 1.82) is 0 Å². The molecule has 2 nitrogen and oxygen atoms in total. The summed E-state index contributed by atoms with van der Waals surface area (Å²) in [6.07, 6.45) is 3.72. The number of carboxylic acid groups (broad SMARTS) is 1. The second-order valence-electron chi connectivity index (χ2n) is 2.87. The molecule has 0 spiro atoms. The number of hydrogen-bond acceptors (Lipinski definition) is 1. The Hall–Kier alpha value is -0.840. The fraction of sp³-hybridized carbons (Fsp3) is 0.182. The van der Waals surface area contributed by atoms with Gasteiger partial charge in [0.25, 0.3) is 0 Å². The van der Waals surface area contributed by atoms with Crippen molar-refractivity contribution in [3.63, 3.8) is 0 Å². The van der Waals surface area contributed by atoms with Gasteiger partial charge in [-0.15, -0.1) is 0 Å². The van der Waals surface area contributed by atoms with E-state index in [0.29, 0.717) is 0 Å². The number of rotatable bonds is 3. The molecule has 0 bridgehead atoms. The van der Waals surface area contributed by atoms with Crippen molar-refractivity contribution < 1.29 is 9.90 Å². The van der Waals surface area contributed by atoms with Crippen molar-refractivity contribution in [1.82, 2.24) is 0 Å². The smallest absolute Gasteiger partial charge is 0.328 e. The zero-order chi connectivity index (χ0) is 10.6. The molecule has 0 aliphatic carbocycles. The van der Waals surface area contributed by atoms with Gasteiger partial charge >= 0.3 is 5.97 Å². The zero-order valence-corrected chi connectivity index (χ0v) is 9.98. The first-order valence-corrected chi connectivity index (χ1v) is 5.40. The van der Waals surface area contributed by atoms with Gasteiger partial charge in [0.05, 0.1) is 0 Å². The Bertz CT molecular complexity index is 370. The van der Waals surface area contributed by atoms with E-state index in [1.807, 2.05) is 12.1 Å². The van der Waals surface area contributed by atoms with Crippen LogP contribution in [0.2, 0.25) is 0 Å². The highest BCUT2D eigenvalue weighted by Crippen LogP contribution is 2.15. The van der Waals surface area contributed by atoms with Crippen molar-refractivity contribution in [3.05, 3.63) is 39.0 Å². The highest BCUT2D eigenvalue weighted by molar-refractivity contribution is 14.1. The van der Waals surface area contributed by atoms with Gasteiger partial charge in [0.15, 0.2) is 0 Å². The van der Waals surface area contributed by atoms with Gasteiger partial charge in [-0.2, -0.15) is 0 Å². The third kappa shape index (κ3) is 3.14. The molecule has 0 atom stereocenters. The number of carbonyl (C=O) groups is 1. The van der Waals surface area contributed by atoms with Crippen LogP contribution in [0.15, 0.2) is 24.3 Å². The van der Waals surface area contributed by atoms with Crippen LogP contribution >= 0.6 is 22.6 Å². The van der Waals surface area contributed by atoms with Crippen LogP contribution in [-0.4, -0.2) is 11.1 Å². The molecular weight excluding hydrogens is 291 g/mol. The average Bonchev–Trinajstić information content (AvgIpc) is 2.15. The molecule has 0 saturated heterocycles. The molecule has 0 unspecified atom stereocenters. The maximum absolute atomic E-state index is 10.4. The van der Waals surface area contributed by atoms with Gasteiger partial charge in [-0.05, 0) is 58.3 Å². The number of hydrogen-bond donors (Lipinski definition) is 1. The second kappa shape index (κ2) is 5.14. The van der Waals surface area contributed by atoms with Crippen LogP contribution in [0.5, 0.6) is 0 Å². The first-order chi connectivity index (χ1) is 6.63. The molecule has 0 heterocycles. The van der Waals surface area contributed by atoms with E-state index >= 15 is 0 Å². The van der Waals surface area contributed by atoms with E-state index in [-0.39, 0.29) is 0 Å². The van der Waals surface area contributed by atoms with E-state index in [1.165, 1.54) is 15.2 Å². The minimum Gasteiger partial charge on any atom is -0.478 e. The largest absolute Gasteiger partial charge is 0.478 e. The molecule has 0 amide bonds. The molecule has 14 heavy (non-hydrogen) atoms. The van der Waals surface area contributed by atoms with Crippen molar-refractivity contribution in [3.8, 4) is 0 Å². The summed E-state index contributed by atoms with van der Waals surface area (Å²) in [5, 5.41) is 8.50. The lowest BCUT2D eigenvalue weighted by molar-refractivity contribution is -0.131. The highest BCUT2D eigenvalue weighted by Gasteiger charge is 1.98. The summed E-state index contributed by atoms with van der Waals surface area (Å²) in [6.45, 7) is 2.06. The topological polar surface area (TPSA) is 37.3 Å². The van der Waals surface area contributed by atoms with Crippen LogP contribution in [0.1, 0.15) is 18.1 Å². The molecule has 1 N–H and O–H groups in total. The lowest BCUT2D eigenvalue weighted by Gasteiger charge is -2.03. The van der Waals surface area contributed by atoms with Gasteiger partial charge < -0.3 is 5.11 Å². The molecule has 1 rings (SSSR count). The molecule has 0 aromatic heterocycles. The third-order valence-corrected chi connectivity index (χ3v) is 2.56. The van der Waals surface area contributed by atoms with Gasteiger partial charge in [-0.1, -0.05) is 13.0 Å². The minimum atomic E-state index is -0.911. The van der Waals surface area contributed by atoms with Crippen molar-refractivity contribution in [2.24, 2.45) is 0 Å². The zero-order valence-electron chi connectivity index (χ0n) is 7.83. The molecule has 0 fully saturated rings. The van der Waals surface area contributed by atoms with Gasteiger partial charge in [-0.3, -0.25) is 0 Å². The van der Waals surface area contributed by atoms with Crippen molar-refractivity contribution in [2.45, 2.75) is 13.3 Å². The summed E-state index contributed by atoms with van der Waals surface area (Å²) in [6, 6.07) is 5.99. The number of aryl methyl sites for hydroxylation is 1. The number of benzene rings is 1. The number of carboxylic acids is 1. The molecule has 74 valence electrons. The van der Waals surface area contributed by atoms with E-state index in [0.717, 1.165) is 12.0 Å². The fourth-order valence-electron chi connectivity index (χ4n) is 1.20. The Balaban J connectivity index is 3.02. The Morgan fingerprint density at radius 2 is 2.29 bits per heavy atom. The molecule has 3 heteroatoms. The van der Waals surface area contributed by atoms with Crippen molar-refractivity contribution in [2.75, 3.05) is 0 Å². The molecule has 0 aliphatic heterocycles. The van der Waals surface area contributed by atoms with Crippen LogP contribution in [0.3, 0.4) is 0 Å². The standard InChI is InChI=1S/C11H11IO2/c1-2-8-7-10(12)5-3-9(8)4-6-11(13)14/h3-7H,2H2,1H3,(H,13,14)/b6-4+. The molecule has 0 radical (unpaired) electrons. The summed E-state index contributed by atoms with van der Waals surface area (Å²) in [4.78, 5) is 10.4. The van der Waals surface area contributed by atoms with Crippen LogP contribution in [0.25, 0.3) is 6.08 Å². The maximum atomic E-state index is 10.4. The second-order valence-corrected chi connectivity index (χ2v) is 4.11. The molecule has 1 aromatic rings. The van der Waals surface area contributed by atoms with Crippen LogP contribution in [0.4, 0.5) is 0 Å². The number of aliphatic carboxylic acids is 1. The highest BCUT2D eigenvalue weighted by atomic mass is 127. The summed E-state index contributed by atoms with van der Waals surface area (Å²) in [7, 11) is 0. The van der Waals surface area contributed by atoms with E-state index in [9.17, 15) is 4.79 Å². The fourth-order valence-corrected chi connectivity index (χ4v) is 1.76. The molecule has 0 aliphatic rings. The third-order valence-electron chi connectivity index (χ3n) is 1.89. The van der Waals surface area contributed by atoms with Crippen molar-refractivity contribution >= 4 is 34.6 Å². The molecular formula is C11H11IO2.